The summed E-state index contributed by atoms with van der Waals surface area (Å²) >= 11 is 0. The minimum Gasteiger partial charge on any atom is -0.467 e. The SMILES string of the molecule is CN(Cc1ccco1)C(=O)Cn1c(=O)n(C)c2ccccc21. The van der Waals surface area contributed by atoms with Crippen LogP contribution in [-0.2, 0) is 24.9 Å². The highest BCUT2D eigenvalue weighted by Gasteiger charge is 2.16. The van der Waals surface area contributed by atoms with Gasteiger partial charge in [-0.15, -0.1) is 0 Å². The summed E-state index contributed by atoms with van der Waals surface area (Å²) in [5.41, 5.74) is 1.38. The van der Waals surface area contributed by atoms with Crippen LogP contribution in [0.2, 0.25) is 0 Å². The van der Waals surface area contributed by atoms with E-state index in [1.54, 1.807) is 35.9 Å². The predicted octanol–water partition coefficient (Wildman–Crippen LogP) is 1.59. The molecule has 2 aromatic heterocycles. The zero-order valence-electron chi connectivity index (χ0n) is 12.5. The van der Waals surface area contributed by atoms with Gasteiger partial charge in [0.05, 0.1) is 23.8 Å². The Morgan fingerprint density at radius 1 is 1.18 bits per heavy atom. The number of hydrogen-bond donors (Lipinski definition) is 0. The third-order valence-corrected chi connectivity index (χ3v) is 3.74. The minimum atomic E-state index is -0.194. The Hall–Kier alpha value is -2.76. The molecule has 1 aromatic carbocycles. The quantitative estimate of drug-likeness (QED) is 0.735. The van der Waals surface area contributed by atoms with Crippen molar-refractivity contribution in [3.63, 3.8) is 0 Å². The van der Waals surface area contributed by atoms with Crippen LogP contribution in [-0.4, -0.2) is 27.0 Å². The highest BCUT2D eigenvalue weighted by Crippen LogP contribution is 2.12. The fourth-order valence-electron chi connectivity index (χ4n) is 2.50. The molecule has 1 amide bonds. The van der Waals surface area contributed by atoms with Gasteiger partial charge in [0.2, 0.25) is 5.91 Å². The molecule has 3 rings (SSSR count). The maximum Gasteiger partial charge on any atom is 0.329 e. The van der Waals surface area contributed by atoms with Crippen molar-refractivity contribution in [2.45, 2.75) is 13.1 Å². The number of benzene rings is 1. The molecule has 0 unspecified atom stereocenters. The summed E-state index contributed by atoms with van der Waals surface area (Å²) < 4.78 is 8.28. The monoisotopic (exact) mass is 299 g/mol. The summed E-state index contributed by atoms with van der Waals surface area (Å²) in [6.07, 6.45) is 1.57. The van der Waals surface area contributed by atoms with E-state index < -0.39 is 0 Å². The molecule has 0 aliphatic carbocycles. The standard InChI is InChI=1S/C16H17N3O3/c1-17(10-12-6-5-9-22-12)15(20)11-19-14-8-4-3-7-13(14)18(2)16(19)21/h3-9H,10-11H2,1-2H3. The summed E-state index contributed by atoms with van der Waals surface area (Å²) in [6.45, 7) is 0.392. The zero-order chi connectivity index (χ0) is 15.7. The van der Waals surface area contributed by atoms with E-state index >= 15 is 0 Å². The van der Waals surface area contributed by atoms with E-state index in [1.165, 1.54) is 4.57 Å². The van der Waals surface area contributed by atoms with E-state index in [9.17, 15) is 9.59 Å². The summed E-state index contributed by atoms with van der Waals surface area (Å²) in [7, 11) is 3.40. The lowest BCUT2D eigenvalue weighted by atomic mass is 10.3. The number of fused-ring (bicyclic) bond motifs is 1. The molecule has 2 heterocycles. The molecule has 3 aromatic rings. The molecule has 0 spiro atoms. The molecule has 114 valence electrons. The molecule has 6 nitrogen and oxygen atoms in total. The Kier molecular flexibility index (Phi) is 3.58. The Bertz CT molecular complexity index is 859. The number of carbonyl (C=O) groups is 1. The van der Waals surface area contributed by atoms with E-state index in [0.29, 0.717) is 12.3 Å². The molecule has 0 N–H and O–H groups in total. The van der Waals surface area contributed by atoms with Crippen molar-refractivity contribution in [2.75, 3.05) is 7.05 Å². The molecule has 0 saturated carbocycles. The van der Waals surface area contributed by atoms with Crippen LogP contribution in [0.1, 0.15) is 5.76 Å². The first-order chi connectivity index (χ1) is 10.6. The molecular formula is C16H17N3O3. The lowest BCUT2D eigenvalue weighted by molar-refractivity contribution is -0.131. The van der Waals surface area contributed by atoms with Gasteiger partial charge < -0.3 is 9.32 Å². The predicted molar refractivity (Wildman–Crippen MR) is 82.4 cm³/mol. The average molecular weight is 299 g/mol. The number of nitrogens with zero attached hydrogens (tertiary/aromatic N) is 3. The van der Waals surface area contributed by atoms with Gasteiger partial charge in [0.1, 0.15) is 12.3 Å². The first-order valence-electron chi connectivity index (χ1n) is 6.98. The molecule has 0 bridgehead atoms. The van der Waals surface area contributed by atoms with Crippen molar-refractivity contribution >= 4 is 16.9 Å². The molecule has 0 fully saturated rings. The van der Waals surface area contributed by atoms with Gasteiger partial charge in [-0.05, 0) is 24.3 Å². The molecule has 22 heavy (non-hydrogen) atoms. The maximum atomic E-state index is 12.4. The Balaban J connectivity index is 1.85. The van der Waals surface area contributed by atoms with Gasteiger partial charge in [0, 0.05) is 14.1 Å². The van der Waals surface area contributed by atoms with Gasteiger partial charge >= 0.3 is 5.69 Å². The Labute approximate surface area is 127 Å². The second-order valence-electron chi connectivity index (χ2n) is 5.25. The van der Waals surface area contributed by atoms with Crippen molar-refractivity contribution < 1.29 is 9.21 Å². The molecule has 6 heteroatoms. The lowest BCUT2D eigenvalue weighted by Gasteiger charge is -2.16. The van der Waals surface area contributed by atoms with E-state index in [-0.39, 0.29) is 18.1 Å². The second-order valence-corrected chi connectivity index (χ2v) is 5.25. The third-order valence-electron chi connectivity index (χ3n) is 3.74. The van der Waals surface area contributed by atoms with Gasteiger partial charge in [-0.1, -0.05) is 12.1 Å². The second kappa shape index (κ2) is 5.55. The van der Waals surface area contributed by atoms with E-state index in [4.69, 9.17) is 4.42 Å². The highest BCUT2D eigenvalue weighted by atomic mass is 16.3. The van der Waals surface area contributed by atoms with Crippen LogP contribution in [0.3, 0.4) is 0 Å². The average Bonchev–Trinajstić information content (AvgIpc) is 3.10. The van der Waals surface area contributed by atoms with Gasteiger partial charge in [-0.2, -0.15) is 0 Å². The molecular weight excluding hydrogens is 282 g/mol. The first-order valence-corrected chi connectivity index (χ1v) is 6.98. The summed E-state index contributed by atoms with van der Waals surface area (Å²) in [5.74, 6) is 0.566. The van der Waals surface area contributed by atoms with Gasteiger partial charge in [0.25, 0.3) is 0 Å². The molecule has 0 radical (unpaired) electrons. The number of rotatable bonds is 4. The van der Waals surface area contributed by atoms with Crippen LogP contribution < -0.4 is 5.69 Å². The van der Waals surface area contributed by atoms with Crippen LogP contribution in [0.15, 0.2) is 51.9 Å². The number of imidazole rings is 1. The van der Waals surface area contributed by atoms with E-state index in [1.807, 2.05) is 30.3 Å². The zero-order valence-corrected chi connectivity index (χ0v) is 12.5. The highest BCUT2D eigenvalue weighted by molar-refractivity contribution is 5.80. The van der Waals surface area contributed by atoms with E-state index in [0.717, 1.165) is 11.0 Å². The summed E-state index contributed by atoms with van der Waals surface area (Å²) in [5, 5.41) is 0. The lowest BCUT2D eigenvalue weighted by Crippen LogP contribution is -2.33. The summed E-state index contributed by atoms with van der Waals surface area (Å²) in [6, 6.07) is 11.0. The third kappa shape index (κ3) is 2.43. The normalized spacial score (nSPS) is 11.0. The molecule has 0 atom stereocenters. The van der Waals surface area contributed by atoms with Crippen LogP contribution in [0.4, 0.5) is 0 Å². The summed E-state index contributed by atoms with van der Waals surface area (Å²) in [4.78, 5) is 26.2. The molecule has 0 aliphatic heterocycles. The largest absolute Gasteiger partial charge is 0.467 e. The van der Waals surface area contributed by atoms with E-state index in [2.05, 4.69) is 0 Å². The van der Waals surface area contributed by atoms with Crippen LogP contribution in [0.25, 0.3) is 11.0 Å². The van der Waals surface area contributed by atoms with Crippen LogP contribution in [0, 0.1) is 0 Å². The van der Waals surface area contributed by atoms with Crippen molar-refractivity contribution in [1.82, 2.24) is 14.0 Å². The number of aromatic nitrogens is 2. The van der Waals surface area contributed by atoms with Crippen molar-refractivity contribution in [1.29, 1.82) is 0 Å². The number of para-hydroxylation sites is 2. The number of carbonyl (C=O) groups excluding carboxylic acids is 1. The number of furan rings is 1. The molecule has 0 saturated heterocycles. The Morgan fingerprint density at radius 3 is 2.59 bits per heavy atom. The van der Waals surface area contributed by atoms with Crippen molar-refractivity contribution in [3.8, 4) is 0 Å². The van der Waals surface area contributed by atoms with Crippen LogP contribution in [0.5, 0.6) is 0 Å². The first kappa shape index (κ1) is 14.2. The van der Waals surface area contributed by atoms with Gasteiger partial charge in [0.15, 0.2) is 0 Å². The number of aryl methyl sites for hydroxylation is 1. The topological polar surface area (TPSA) is 60.4 Å². The maximum absolute atomic E-state index is 12.4. The van der Waals surface area contributed by atoms with Crippen LogP contribution >= 0.6 is 0 Å². The minimum absolute atomic E-state index is 0.0113. The fourth-order valence-corrected chi connectivity index (χ4v) is 2.50. The fraction of sp³-hybridized carbons (Fsp3) is 0.250. The smallest absolute Gasteiger partial charge is 0.329 e. The number of likely N-dealkylation sites (N-methyl/N-ethyl adjacent to an activating group) is 1. The van der Waals surface area contributed by atoms with Gasteiger partial charge in [-0.25, -0.2) is 4.79 Å². The Morgan fingerprint density at radius 2 is 1.91 bits per heavy atom. The van der Waals surface area contributed by atoms with Crippen molar-refractivity contribution in [3.05, 3.63) is 58.9 Å². The van der Waals surface area contributed by atoms with Gasteiger partial charge in [-0.3, -0.25) is 13.9 Å². The number of hydrogen-bond acceptors (Lipinski definition) is 3. The molecule has 0 aliphatic rings. The van der Waals surface area contributed by atoms with Crippen molar-refractivity contribution in [2.24, 2.45) is 7.05 Å². The number of amides is 1.